The van der Waals surface area contributed by atoms with Crippen LogP contribution in [0.5, 0.6) is 23.0 Å². The quantitative estimate of drug-likeness (QED) is 0.474. The van der Waals surface area contributed by atoms with Crippen molar-refractivity contribution in [1.29, 1.82) is 0 Å². The van der Waals surface area contributed by atoms with Crippen LogP contribution in [0, 0.1) is 13.8 Å². The molecule has 3 heterocycles. The highest BCUT2D eigenvalue weighted by Gasteiger charge is 2.16. The SMILES string of the molecule is COc1cc2nccc(Oc3cc(C)c(C)nc3-c3ccccn3)c2cc1OCCO. The average molecular weight is 417 g/mol. The van der Waals surface area contributed by atoms with Gasteiger partial charge in [-0.2, -0.15) is 0 Å². The minimum Gasteiger partial charge on any atom is -0.493 e. The number of hydrogen-bond acceptors (Lipinski definition) is 7. The zero-order valence-corrected chi connectivity index (χ0v) is 17.6. The molecule has 4 aromatic rings. The Labute approximate surface area is 180 Å². The molecule has 0 aliphatic heterocycles. The number of aromatic nitrogens is 3. The Balaban J connectivity index is 1.83. The van der Waals surface area contributed by atoms with Gasteiger partial charge in [0.2, 0.25) is 0 Å². The molecule has 3 aromatic heterocycles. The first-order valence-corrected chi connectivity index (χ1v) is 9.88. The topological polar surface area (TPSA) is 86.6 Å². The van der Waals surface area contributed by atoms with Gasteiger partial charge in [0.1, 0.15) is 18.1 Å². The Kier molecular flexibility index (Phi) is 5.95. The second-order valence-corrected chi connectivity index (χ2v) is 6.96. The smallest absolute Gasteiger partial charge is 0.162 e. The van der Waals surface area contributed by atoms with Gasteiger partial charge in [-0.15, -0.1) is 0 Å². The van der Waals surface area contributed by atoms with Crippen LogP contribution in [0.1, 0.15) is 11.3 Å². The number of aliphatic hydroxyl groups excluding tert-OH is 1. The van der Waals surface area contributed by atoms with Gasteiger partial charge in [0.15, 0.2) is 17.2 Å². The van der Waals surface area contributed by atoms with Gasteiger partial charge in [0, 0.05) is 29.5 Å². The fourth-order valence-electron chi connectivity index (χ4n) is 3.21. The maximum absolute atomic E-state index is 9.13. The molecular formula is C24H23N3O4. The van der Waals surface area contributed by atoms with Crippen LogP contribution >= 0.6 is 0 Å². The second kappa shape index (κ2) is 8.97. The third kappa shape index (κ3) is 4.27. The van der Waals surface area contributed by atoms with Gasteiger partial charge in [-0.25, -0.2) is 4.98 Å². The molecule has 0 atom stereocenters. The van der Waals surface area contributed by atoms with Gasteiger partial charge >= 0.3 is 0 Å². The van der Waals surface area contributed by atoms with E-state index < -0.39 is 0 Å². The van der Waals surface area contributed by atoms with E-state index in [0.717, 1.165) is 22.3 Å². The average Bonchev–Trinajstić information content (AvgIpc) is 2.80. The fraction of sp³-hybridized carbons (Fsp3) is 0.208. The zero-order valence-electron chi connectivity index (χ0n) is 17.6. The molecule has 0 spiro atoms. The molecule has 7 heteroatoms. The maximum atomic E-state index is 9.13. The summed E-state index contributed by atoms with van der Waals surface area (Å²) >= 11 is 0. The number of pyridine rings is 3. The third-order valence-corrected chi connectivity index (χ3v) is 4.89. The number of aryl methyl sites for hydroxylation is 2. The summed E-state index contributed by atoms with van der Waals surface area (Å²) in [6.45, 7) is 4.01. The summed E-state index contributed by atoms with van der Waals surface area (Å²) in [5, 5.41) is 9.88. The van der Waals surface area contributed by atoms with Crippen LogP contribution < -0.4 is 14.2 Å². The summed E-state index contributed by atoms with van der Waals surface area (Å²) in [5.74, 6) is 2.24. The highest BCUT2D eigenvalue weighted by molar-refractivity contribution is 5.88. The lowest BCUT2D eigenvalue weighted by Gasteiger charge is -2.15. The Hall–Kier alpha value is -3.71. The molecule has 0 aliphatic rings. The number of fused-ring (bicyclic) bond motifs is 1. The standard InChI is InChI=1S/C24H23N3O4/c1-15-12-23(24(27-16(15)2)18-6-4-5-8-25-18)31-20-7-9-26-19-14-21(29-3)22(13-17(19)20)30-11-10-28/h4-9,12-14,28H,10-11H2,1-3H3. The van der Waals surface area contributed by atoms with Crippen molar-refractivity contribution >= 4 is 10.9 Å². The van der Waals surface area contributed by atoms with Crippen molar-refractivity contribution in [3.63, 3.8) is 0 Å². The molecule has 1 N–H and O–H groups in total. The Morgan fingerprint density at radius 2 is 1.77 bits per heavy atom. The number of aliphatic hydroxyl groups is 1. The number of nitrogens with zero attached hydrogens (tertiary/aromatic N) is 3. The molecule has 158 valence electrons. The van der Waals surface area contributed by atoms with Crippen molar-refractivity contribution in [2.45, 2.75) is 13.8 Å². The second-order valence-electron chi connectivity index (χ2n) is 6.96. The van der Waals surface area contributed by atoms with Gasteiger partial charge in [-0.3, -0.25) is 9.97 Å². The summed E-state index contributed by atoms with van der Waals surface area (Å²) in [4.78, 5) is 13.6. The van der Waals surface area contributed by atoms with Crippen LogP contribution in [0.25, 0.3) is 22.3 Å². The molecule has 0 fully saturated rings. The highest BCUT2D eigenvalue weighted by atomic mass is 16.5. The van der Waals surface area contributed by atoms with Crippen LogP contribution in [0.4, 0.5) is 0 Å². The molecule has 0 unspecified atom stereocenters. The molecule has 1 aromatic carbocycles. The van der Waals surface area contributed by atoms with Crippen LogP contribution in [0.2, 0.25) is 0 Å². The van der Waals surface area contributed by atoms with Crippen LogP contribution in [-0.2, 0) is 0 Å². The number of benzene rings is 1. The van der Waals surface area contributed by atoms with Crippen molar-refractivity contribution in [3.05, 3.63) is 66.1 Å². The Morgan fingerprint density at radius 3 is 2.52 bits per heavy atom. The van der Waals surface area contributed by atoms with Gasteiger partial charge in [-0.05, 0) is 49.7 Å². The van der Waals surface area contributed by atoms with Gasteiger partial charge in [0.05, 0.1) is 24.9 Å². The van der Waals surface area contributed by atoms with Gasteiger partial charge < -0.3 is 19.3 Å². The van der Waals surface area contributed by atoms with E-state index in [4.69, 9.17) is 24.3 Å². The molecule has 0 saturated heterocycles. The number of methoxy groups -OCH3 is 1. The summed E-state index contributed by atoms with van der Waals surface area (Å²) in [5.41, 5.74) is 4.02. The molecule has 31 heavy (non-hydrogen) atoms. The Bertz CT molecular complexity index is 1210. The van der Waals surface area contributed by atoms with E-state index in [1.54, 1.807) is 37.7 Å². The predicted octanol–water partition coefficient (Wildman–Crippen LogP) is 4.48. The highest BCUT2D eigenvalue weighted by Crippen LogP contribution is 2.39. The van der Waals surface area contributed by atoms with E-state index in [2.05, 4.69) is 9.97 Å². The third-order valence-electron chi connectivity index (χ3n) is 4.89. The normalized spacial score (nSPS) is 10.8. The first-order chi connectivity index (χ1) is 15.1. The lowest BCUT2D eigenvalue weighted by molar-refractivity contribution is 0.196. The van der Waals surface area contributed by atoms with Crippen LogP contribution in [-0.4, -0.2) is 40.4 Å². The van der Waals surface area contributed by atoms with Crippen molar-refractivity contribution in [2.24, 2.45) is 0 Å². The summed E-state index contributed by atoms with van der Waals surface area (Å²) in [6, 6.07) is 13.0. The van der Waals surface area contributed by atoms with E-state index in [1.165, 1.54) is 0 Å². The minimum absolute atomic E-state index is 0.0979. The monoisotopic (exact) mass is 417 g/mol. The molecule has 7 nitrogen and oxygen atoms in total. The minimum atomic E-state index is -0.0979. The molecule has 0 saturated carbocycles. The summed E-state index contributed by atoms with van der Waals surface area (Å²) in [6.07, 6.45) is 3.41. The summed E-state index contributed by atoms with van der Waals surface area (Å²) < 4.78 is 17.4. The largest absolute Gasteiger partial charge is 0.493 e. The van der Waals surface area contributed by atoms with E-state index in [9.17, 15) is 0 Å². The fourth-order valence-corrected chi connectivity index (χ4v) is 3.21. The number of rotatable bonds is 7. The first-order valence-electron chi connectivity index (χ1n) is 9.88. The maximum Gasteiger partial charge on any atom is 0.162 e. The lowest BCUT2D eigenvalue weighted by atomic mass is 10.1. The molecule has 0 radical (unpaired) electrons. The van der Waals surface area contributed by atoms with Gasteiger partial charge in [-0.1, -0.05) is 6.07 Å². The predicted molar refractivity (Wildman–Crippen MR) is 118 cm³/mol. The van der Waals surface area contributed by atoms with Crippen LogP contribution in [0.3, 0.4) is 0 Å². The van der Waals surface area contributed by atoms with Crippen LogP contribution in [0.15, 0.2) is 54.9 Å². The first kappa shape index (κ1) is 20.6. The van der Waals surface area contributed by atoms with Crippen molar-refractivity contribution in [1.82, 2.24) is 15.0 Å². The molecule has 0 bridgehead atoms. The molecule has 0 aliphatic carbocycles. The van der Waals surface area contributed by atoms with E-state index in [-0.39, 0.29) is 13.2 Å². The molecule has 4 rings (SSSR count). The van der Waals surface area contributed by atoms with Crippen molar-refractivity contribution in [2.75, 3.05) is 20.3 Å². The lowest BCUT2D eigenvalue weighted by Crippen LogP contribution is -2.03. The summed E-state index contributed by atoms with van der Waals surface area (Å²) in [7, 11) is 1.56. The van der Waals surface area contributed by atoms with E-state index in [0.29, 0.717) is 34.2 Å². The van der Waals surface area contributed by atoms with Gasteiger partial charge in [0.25, 0.3) is 0 Å². The van der Waals surface area contributed by atoms with Crippen molar-refractivity contribution < 1.29 is 19.3 Å². The van der Waals surface area contributed by atoms with E-state index >= 15 is 0 Å². The Morgan fingerprint density at radius 1 is 0.903 bits per heavy atom. The number of ether oxygens (including phenoxy) is 3. The zero-order chi connectivity index (χ0) is 21.8. The molecular weight excluding hydrogens is 394 g/mol. The number of hydrogen-bond donors (Lipinski definition) is 1. The van der Waals surface area contributed by atoms with Crippen molar-refractivity contribution in [3.8, 4) is 34.4 Å². The molecule has 0 amide bonds. The van der Waals surface area contributed by atoms with E-state index in [1.807, 2.05) is 38.1 Å².